The van der Waals surface area contributed by atoms with Crippen LogP contribution in [0.5, 0.6) is 0 Å². The zero-order valence-electron chi connectivity index (χ0n) is 8.22. The van der Waals surface area contributed by atoms with Crippen LogP contribution in [0.2, 0.25) is 0 Å². The van der Waals surface area contributed by atoms with Crippen LogP contribution in [-0.4, -0.2) is 0 Å². The Morgan fingerprint density at radius 2 is 2.31 bits per heavy atom. The van der Waals surface area contributed by atoms with Gasteiger partial charge in [-0.2, -0.15) is 34.9 Å². The van der Waals surface area contributed by atoms with E-state index >= 15 is 0 Å². The summed E-state index contributed by atoms with van der Waals surface area (Å²) in [5.41, 5.74) is 5.11. The molecule has 1 heteroatoms. The topological polar surface area (TPSA) is 0 Å². The largest absolute Gasteiger partial charge is 0.180 e. The standard InChI is InChI=1S/C12H13.Y/c1-8-3-4-9-6-12(2)7-11(12)10(9)5-8;/h4-5,11H,6-7H2,1-2H3;/q-1;. The summed E-state index contributed by atoms with van der Waals surface area (Å²) in [6.07, 6.45) is 2.72. The van der Waals surface area contributed by atoms with Crippen LogP contribution in [0.1, 0.15) is 36.0 Å². The van der Waals surface area contributed by atoms with Gasteiger partial charge in [-0.15, -0.1) is 0 Å². The van der Waals surface area contributed by atoms with E-state index in [0.717, 1.165) is 5.92 Å². The Morgan fingerprint density at radius 3 is 3.08 bits per heavy atom. The average Bonchev–Trinajstić information content (AvgIpc) is 2.60. The van der Waals surface area contributed by atoms with Crippen molar-refractivity contribution in [3.63, 3.8) is 0 Å². The minimum Gasteiger partial charge on any atom is -0.180 e. The van der Waals surface area contributed by atoms with Crippen LogP contribution in [-0.2, 0) is 39.1 Å². The molecule has 2 unspecified atom stereocenters. The number of hydrogen-bond acceptors (Lipinski definition) is 0. The predicted octanol–water partition coefficient (Wildman–Crippen LogP) is 2.84. The number of benzene rings is 1. The molecule has 0 spiro atoms. The SMILES string of the molecule is Cc1[c-]cc2c(c1)C1CC1(C)C2.[Y]. The van der Waals surface area contributed by atoms with E-state index in [1.807, 2.05) is 0 Å². The van der Waals surface area contributed by atoms with Crippen LogP contribution in [0, 0.1) is 18.4 Å². The molecule has 1 fully saturated rings. The fourth-order valence-corrected chi connectivity index (χ4v) is 2.65. The van der Waals surface area contributed by atoms with Crippen LogP contribution >= 0.6 is 0 Å². The fourth-order valence-electron chi connectivity index (χ4n) is 2.65. The van der Waals surface area contributed by atoms with Crippen molar-refractivity contribution < 1.29 is 32.7 Å². The van der Waals surface area contributed by atoms with Crippen molar-refractivity contribution in [3.05, 3.63) is 34.9 Å². The predicted molar refractivity (Wildman–Crippen MR) is 49.2 cm³/mol. The first-order valence-electron chi connectivity index (χ1n) is 4.70. The molecule has 65 valence electrons. The molecule has 1 saturated carbocycles. The quantitative estimate of drug-likeness (QED) is 0.617. The summed E-state index contributed by atoms with van der Waals surface area (Å²) in [6, 6.07) is 7.82. The molecular formula is C12H13Y-. The van der Waals surface area contributed by atoms with Gasteiger partial charge in [0.15, 0.2) is 0 Å². The number of fused-ring (bicyclic) bond motifs is 3. The first-order chi connectivity index (χ1) is 5.69. The molecule has 0 aromatic heterocycles. The van der Waals surface area contributed by atoms with Gasteiger partial charge in [0.25, 0.3) is 0 Å². The molecule has 2 atom stereocenters. The average molecular weight is 246 g/mol. The van der Waals surface area contributed by atoms with Gasteiger partial charge in [0.05, 0.1) is 0 Å². The van der Waals surface area contributed by atoms with Crippen molar-refractivity contribution >= 4 is 0 Å². The van der Waals surface area contributed by atoms with Gasteiger partial charge in [0.1, 0.15) is 0 Å². The third kappa shape index (κ3) is 1.34. The molecule has 0 saturated heterocycles. The Kier molecular flexibility index (Phi) is 2.20. The number of rotatable bonds is 0. The van der Waals surface area contributed by atoms with Gasteiger partial charge in [-0.25, -0.2) is 0 Å². The van der Waals surface area contributed by atoms with E-state index in [9.17, 15) is 0 Å². The molecular weight excluding hydrogens is 233 g/mol. The van der Waals surface area contributed by atoms with E-state index in [2.05, 4.69) is 32.0 Å². The molecule has 0 N–H and O–H groups in total. The zero-order valence-corrected chi connectivity index (χ0v) is 11.1. The van der Waals surface area contributed by atoms with E-state index in [1.165, 1.54) is 18.4 Å². The molecule has 0 aliphatic heterocycles. The van der Waals surface area contributed by atoms with Crippen molar-refractivity contribution in [3.8, 4) is 0 Å². The Morgan fingerprint density at radius 1 is 1.54 bits per heavy atom. The molecule has 3 rings (SSSR count). The summed E-state index contributed by atoms with van der Waals surface area (Å²) in [7, 11) is 0. The normalized spacial score (nSPS) is 33.2. The van der Waals surface area contributed by atoms with Gasteiger partial charge in [-0.05, 0) is 17.8 Å². The molecule has 0 heterocycles. The van der Waals surface area contributed by atoms with Crippen molar-refractivity contribution in [2.45, 2.75) is 32.6 Å². The van der Waals surface area contributed by atoms with Crippen LogP contribution in [0.4, 0.5) is 0 Å². The monoisotopic (exact) mass is 246 g/mol. The van der Waals surface area contributed by atoms with Gasteiger partial charge < -0.3 is 0 Å². The van der Waals surface area contributed by atoms with E-state index in [1.54, 1.807) is 11.1 Å². The maximum absolute atomic E-state index is 3.29. The Balaban J connectivity index is 0.000000653. The zero-order chi connectivity index (χ0) is 8.34. The van der Waals surface area contributed by atoms with E-state index in [-0.39, 0.29) is 32.7 Å². The fraction of sp³-hybridized carbons (Fsp3) is 0.500. The van der Waals surface area contributed by atoms with Gasteiger partial charge in [0.2, 0.25) is 0 Å². The molecule has 2 aliphatic carbocycles. The van der Waals surface area contributed by atoms with Crippen LogP contribution in [0.3, 0.4) is 0 Å². The van der Waals surface area contributed by atoms with Crippen molar-refractivity contribution in [2.24, 2.45) is 5.41 Å². The Hall–Kier alpha value is 0.324. The van der Waals surface area contributed by atoms with Gasteiger partial charge in [-0.1, -0.05) is 20.3 Å². The molecule has 0 nitrogen and oxygen atoms in total. The van der Waals surface area contributed by atoms with Crippen LogP contribution in [0.15, 0.2) is 12.1 Å². The number of aryl methyl sites for hydroxylation is 1. The summed E-state index contributed by atoms with van der Waals surface area (Å²) >= 11 is 0. The van der Waals surface area contributed by atoms with Gasteiger partial charge >= 0.3 is 0 Å². The summed E-state index contributed by atoms with van der Waals surface area (Å²) in [6.45, 7) is 4.55. The second-order valence-electron chi connectivity index (χ2n) is 4.68. The third-order valence-corrected chi connectivity index (χ3v) is 3.54. The van der Waals surface area contributed by atoms with E-state index < -0.39 is 0 Å². The molecule has 1 radical (unpaired) electrons. The van der Waals surface area contributed by atoms with Crippen LogP contribution in [0.25, 0.3) is 0 Å². The molecule has 2 aliphatic rings. The number of hydrogen-bond donors (Lipinski definition) is 0. The Bertz CT molecular complexity index is 356. The van der Waals surface area contributed by atoms with E-state index in [4.69, 9.17) is 0 Å². The Labute approximate surface area is 105 Å². The van der Waals surface area contributed by atoms with Crippen LogP contribution < -0.4 is 0 Å². The summed E-state index contributed by atoms with van der Waals surface area (Å²) in [4.78, 5) is 0. The minimum atomic E-state index is 0. The first kappa shape index (κ1) is 9.86. The summed E-state index contributed by atoms with van der Waals surface area (Å²) in [5, 5.41) is 0. The molecule has 13 heavy (non-hydrogen) atoms. The van der Waals surface area contributed by atoms with Crippen molar-refractivity contribution in [2.75, 3.05) is 0 Å². The van der Waals surface area contributed by atoms with E-state index in [0.29, 0.717) is 5.41 Å². The molecule has 0 amide bonds. The summed E-state index contributed by atoms with van der Waals surface area (Å²) < 4.78 is 0. The third-order valence-electron chi connectivity index (χ3n) is 3.54. The second kappa shape index (κ2) is 2.90. The second-order valence-corrected chi connectivity index (χ2v) is 4.68. The smallest absolute Gasteiger partial charge is 0 e. The van der Waals surface area contributed by atoms with Crippen molar-refractivity contribution in [1.82, 2.24) is 0 Å². The molecule has 1 aromatic carbocycles. The van der Waals surface area contributed by atoms with Crippen molar-refractivity contribution in [1.29, 1.82) is 0 Å². The first-order valence-corrected chi connectivity index (χ1v) is 4.70. The maximum Gasteiger partial charge on any atom is 0 e. The molecule has 0 bridgehead atoms. The van der Waals surface area contributed by atoms with Gasteiger partial charge in [0, 0.05) is 32.7 Å². The van der Waals surface area contributed by atoms with Gasteiger partial charge in [-0.3, -0.25) is 0 Å². The maximum atomic E-state index is 3.29. The summed E-state index contributed by atoms with van der Waals surface area (Å²) in [5.74, 6) is 0.890. The minimum absolute atomic E-state index is 0. The molecule has 1 aromatic rings.